The molecule has 90 valence electrons. The predicted octanol–water partition coefficient (Wildman–Crippen LogP) is 2.45. The number of ketones is 1. The third-order valence-electron chi connectivity index (χ3n) is 3.34. The third-order valence-corrected chi connectivity index (χ3v) is 3.34. The van der Waals surface area contributed by atoms with Crippen LogP contribution in [0.3, 0.4) is 0 Å². The summed E-state index contributed by atoms with van der Waals surface area (Å²) in [6.45, 7) is 3.35. The molecule has 0 saturated heterocycles. The molecule has 1 unspecified atom stereocenters. The topological polar surface area (TPSA) is 54.4 Å². The van der Waals surface area contributed by atoms with Gasteiger partial charge >= 0.3 is 5.97 Å². The summed E-state index contributed by atoms with van der Waals surface area (Å²) >= 11 is 0. The zero-order valence-electron chi connectivity index (χ0n) is 9.71. The van der Waals surface area contributed by atoms with Gasteiger partial charge < -0.3 is 5.11 Å². The fraction of sp³-hybridized carbons (Fsp3) is 0.385. The first-order chi connectivity index (χ1) is 7.83. The molecule has 0 heterocycles. The molecule has 0 bridgehead atoms. The Hall–Kier alpha value is -1.71. The van der Waals surface area contributed by atoms with Crippen LogP contribution in [-0.2, 0) is 10.2 Å². The van der Waals surface area contributed by atoms with E-state index in [1.165, 1.54) is 6.07 Å². The van der Waals surface area contributed by atoms with E-state index in [9.17, 15) is 14.0 Å². The van der Waals surface area contributed by atoms with Crippen molar-refractivity contribution in [2.24, 2.45) is 0 Å². The average molecular weight is 236 g/mol. The van der Waals surface area contributed by atoms with Crippen LogP contribution >= 0.6 is 0 Å². The van der Waals surface area contributed by atoms with E-state index in [2.05, 4.69) is 0 Å². The summed E-state index contributed by atoms with van der Waals surface area (Å²) in [6, 6.07) is 2.82. The van der Waals surface area contributed by atoms with E-state index < -0.39 is 17.2 Å². The molecule has 1 N–H and O–H groups in total. The van der Waals surface area contributed by atoms with Crippen LogP contribution in [0, 0.1) is 12.7 Å². The van der Waals surface area contributed by atoms with Crippen molar-refractivity contribution >= 4 is 11.8 Å². The second kappa shape index (κ2) is 3.65. The van der Waals surface area contributed by atoms with E-state index in [1.807, 2.05) is 0 Å². The van der Waals surface area contributed by atoms with Gasteiger partial charge in [-0.2, -0.15) is 0 Å². The minimum atomic E-state index is -0.949. The quantitative estimate of drug-likeness (QED) is 0.858. The lowest BCUT2D eigenvalue weighted by Gasteiger charge is -2.22. The average Bonchev–Trinajstić information content (AvgIpc) is 2.40. The van der Waals surface area contributed by atoms with Crippen molar-refractivity contribution in [3.05, 3.63) is 34.6 Å². The number of hydrogen-bond acceptors (Lipinski definition) is 2. The Kier molecular flexibility index (Phi) is 2.53. The summed E-state index contributed by atoms with van der Waals surface area (Å²) in [4.78, 5) is 22.6. The monoisotopic (exact) mass is 236 g/mol. The van der Waals surface area contributed by atoms with Crippen molar-refractivity contribution < 1.29 is 19.1 Å². The van der Waals surface area contributed by atoms with Gasteiger partial charge in [0.15, 0.2) is 5.78 Å². The summed E-state index contributed by atoms with van der Waals surface area (Å²) in [5.74, 6) is -1.55. The number of carbonyl (C=O) groups excluding carboxylic acids is 1. The van der Waals surface area contributed by atoms with Gasteiger partial charge in [-0.15, -0.1) is 0 Å². The molecule has 3 nitrogen and oxygen atoms in total. The maximum atomic E-state index is 13.4. The highest BCUT2D eigenvalue weighted by molar-refractivity contribution is 6.02. The lowest BCUT2D eigenvalue weighted by Crippen LogP contribution is -2.23. The number of halogens is 1. The number of carbonyl (C=O) groups is 2. The number of benzene rings is 1. The number of aryl methyl sites for hydroxylation is 1. The van der Waals surface area contributed by atoms with Crippen molar-refractivity contribution in [3.8, 4) is 0 Å². The first-order valence-electron chi connectivity index (χ1n) is 5.39. The van der Waals surface area contributed by atoms with Crippen LogP contribution < -0.4 is 0 Å². The molecule has 1 aromatic carbocycles. The van der Waals surface area contributed by atoms with Crippen LogP contribution in [0.25, 0.3) is 0 Å². The highest BCUT2D eigenvalue weighted by atomic mass is 19.1. The molecule has 0 amide bonds. The van der Waals surface area contributed by atoms with Crippen LogP contribution in [-0.4, -0.2) is 16.9 Å². The van der Waals surface area contributed by atoms with Gasteiger partial charge in [0.2, 0.25) is 0 Å². The van der Waals surface area contributed by atoms with E-state index in [0.717, 1.165) is 0 Å². The van der Waals surface area contributed by atoms with Gasteiger partial charge in [0, 0.05) is 17.4 Å². The molecule has 1 aromatic rings. The van der Waals surface area contributed by atoms with Gasteiger partial charge in [0.1, 0.15) is 5.82 Å². The Labute approximate surface area is 98.3 Å². The van der Waals surface area contributed by atoms with Crippen molar-refractivity contribution in [2.75, 3.05) is 0 Å². The van der Waals surface area contributed by atoms with Crippen LogP contribution in [0.1, 0.15) is 41.3 Å². The maximum absolute atomic E-state index is 13.4. The standard InChI is InChI=1S/C13H13FO3/c1-7-3-9-8(4-10(7)14)11(15)5-13(9,2)6-12(16)17/h3-4H,5-6H2,1-2H3,(H,16,17). The van der Waals surface area contributed by atoms with Gasteiger partial charge in [-0.3, -0.25) is 9.59 Å². The fourth-order valence-electron chi connectivity index (χ4n) is 2.45. The smallest absolute Gasteiger partial charge is 0.304 e. The molecule has 0 radical (unpaired) electrons. The molecule has 2 rings (SSSR count). The van der Waals surface area contributed by atoms with Crippen molar-refractivity contribution in [2.45, 2.75) is 32.1 Å². The lowest BCUT2D eigenvalue weighted by atomic mass is 9.80. The van der Waals surface area contributed by atoms with Crippen LogP contribution in [0.5, 0.6) is 0 Å². The van der Waals surface area contributed by atoms with E-state index >= 15 is 0 Å². The largest absolute Gasteiger partial charge is 0.481 e. The summed E-state index contributed by atoms with van der Waals surface area (Å²) in [5, 5.41) is 8.89. The van der Waals surface area contributed by atoms with Gasteiger partial charge in [-0.25, -0.2) is 4.39 Å². The van der Waals surface area contributed by atoms with Crippen molar-refractivity contribution in [1.82, 2.24) is 0 Å². The molecule has 0 aliphatic heterocycles. The number of carboxylic acid groups (broad SMARTS) is 1. The minimum Gasteiger partial charge on any atom is -0.481 e. The van der Waals surface area contributed by atoms with Gasteiger partial charge in [0.25, 0.3) is 0 Å². The van der Waals surface area contributed by atoms with Crippen LogP contribution in [0.2, 0.25) is 0 Å². The van der Waals surface area contributed by atoms with Crippen LogP contribution in [0.15, 0.2) is 12.1 Å². The molecule has 0 spiro atoms. The Morgan fingerprint density at radius 2 is 2.18 bits per heavy atom. The summed E-state index contributed by atoms with van der Waals surface area (Å²) < 4.78 is 13.4. The van der Waals surface area contributed by atoms with Crippen molar-refractivity contribution in [3.63, 3.8) is 0 Å². The Morgan fingerprint density at radius 3 is 2.76 bits per heavy atom. The molecular formula is C13H13FO3. The van der Waals surface area contributed by atoms with E-state index in [1.54, 1.807) is 19.9 Å². The number of hydrogen-bond donors (Lipinski definition) is 1. The normalized spacial score (nSPS) is 22.6. The molecule has 0 fully saturated rings. The molecule has 1 aliphatic carbocycles. The van der Waals surface area contributed by atoms with E-state index in [-0.39, 0.29) is 18.6 Å². The third kappa shape index (κ3) is 1.84. The van der Waals surface area contributed by atoms with Crippen molar-refractivity contribution in [1.29, 1.82) is 0 Å². The second-order valence-electron chi connectivity index (χ2n) is 4.88. The molecule has 1 aliphatic rings. The minimum absolute atomic E-state index is 0.114. The first-order valence-corrected chi connectivity index (χ1v) is 5.39. The SMILES string of the molecule is Cc1cc2c(cc1F)C(=O)CC2(C)CC(=O)O. The first kappa shape index (κ1) is 11.8. The number of rotatable bonds is 2. The molecular weight excluding hydrogens is 223 g/mol. The zero-order chi connectivity index (χ0) is 12.8. The highest BCUT2D eigenvalue weighted by Gasteiger charge is 2.41. The summed E-state index contributed by atoms with van der Waals surface area (Å²) in [6.07, 6.45) is 0.0222. The van der Waals surface area contributed by atoms with Gasteiger partial charge in [0.05, 0.1) is 6.42 Å². The second-order valence-corrected chi connectivity index (χ2v) is 4.88. The number of aliphatic carboxylic acids is 1. The maximum Gasteiger partial charge on any atom is 0.304 e. The molecule has 17 heavy (non-hydrogen) atoms. The molecule has 0 aromatic heterocycles. The Bertz CT molecular complexity index is 522. The molecule has 4 heteroatoms. The summed E-state index contributed by atoms with van der Waals surface area (Å²) in [5.41, 5.74) is 0.715. The van der Waals surface area contributed by atoms with Gasteiger partial charge in [-0.05, 0) is 24.1 Å². The fourth-order valence-corrected chi connectivity index (χ4v) is 2.45. The summed E-state index contributed by atoms with van der Waals surface area (Å²) in [7, 11) is 0. The molecule has 1 atom stereocenters. The van der Waals surface area contributed by atoms with Gasteiger partial charge in [-0.1, -0.05) is 13.0 Å². The number of carboxylic acids is 1. The molecule has 0 saturated carbocycles. The van der Waals surface area contributed by atoms with E-state index in [4.69, 9.17) is 5.11 Å². The van der Waals surface area contributed by atoms with Crippen LogP contribution in [0.4, 0.5) is 4.39 Å². The van der Waals surface area contributed by atoms with E-state index in [0.29, 0.717) is 16.7 Å². The number of Topliss-reactive ketones (excluding diaryl/α,β-unsaturated/α-hetero) is 1. The predicted molar refractivity (Wildman–Crippen MR) is 59.7 cm³/mol. The number of fused-ring (bicyclic) bond motifs is 1. The Balaban J connectivity index is 2.57. The highest BCUT2D eigenvalue weighted by Crippen LogP contribution is 2.42. The Morgan fingerprint density at radius 1 is 1.53 bits per heavy atom. The lowest BCUT2D eigenvalue weighted by molar-refractivity contribution is -0.138. The zero-order valence-corrected chi connectivity index (χ0v) is 9.71.